The monoisotopic (exact) mass is 295 g/mol. The summed E-state index contributed by atoms with van der Waals surface area (Å²) in [6, 6.07) is 6.60. The predicted octanol–water partition coefficient (Wildman–Crippen LogP) is 1.25. The molecule has 1 aromatic rings. The summed E-state index contributed by atoms with van der Waals surface area (Å²) in [5, 5.41) is 27.6. The summed E-state index contributed by atoms with van der Waals surface area (Å²) in [6.07, 6.45) is 2.68. The summed E-state index contributed by atoms with van der Waals surface area (Å²) in [5.74, 6) is -0.724. The maximum atomic E-state index is 11.7. The van der Waals surface area contributed by atoms with Crippen molar-refractivity contribution >= 4 is 15.9 Å². The first kappa shape index (κ1) is 14.0. The fraction of sp³-hybridized carbons (Fsp3) is 0.250. The number of aryl methyl sites for hydroxylation is 1. The van der Waals surface area contributed by atoms with Gasteiger partial charge in [-0.25, -0.2) is 9.03 Å². The molecule has 0 spiro atoms. The Morgan fingerprint density at radius 1 is 1.35 bits per heavy atom. The van der Waals surface area contributed by atoms with Crippen molar-refractivity contribution in [1.29, 1.82) is 5.26 Å². The van der Waals surface area contributed by atoms with E-state index in [1.54, 1.807) is 6.07 Å². The van der Waals surface area contributed by atoms with Crippen LogP contribution < -0.4 is 9.03 Å². The second-order valence-electron chi connectivity index (χ2n) is 4.25. The zero-order valence-electron chi connectivity index (χ0n) is 10.4. The Morgan fingerprint density at radius 3 is 2.65 bits per heavy atom. The Hall–Kier alpha value is -2.40. The normalized spacial score (nSPS) is 16.4. The highest BCUT2D eigenvalue weighted by atomic mass is 32.2. The highest BCUT2D eigenvalue weighted by Crippen LogP contribution is 2.32. The standard InChI is InChI=1S/C12H13N3O4S/c13-6-2-1-3-9-4-5-10(11(16)7-9)15-8-12(17)14-20(15,18)19/h4-5,7-8,14,16-17H,1-3H2. The third kappa shape index (κ3) is 2.78. The molecular weight excluding hydrogens is 282 g/mol. The zero-order valence-corrected chi connectivity index (χ0v) is 11.3. The van der Waals surface area contributed by atoms with Crippen LogP contribution in [0.3, 0.4) is 0 Å². The molecule has 106 valence electrons. The van der Waals surface area contributed by atoms with Crippen LogP contribution >= 0.6 is 0 Å². The van der Waals surface area contributed by atoms with Gasteiger partial charge < -0.3 is 10.2 Å². The fourth-order valence-corrected chi connectivity index (χ4v) is 2.94. The van der Waals surface area contributed by atoms with E-state index in [0.717, 1.165) is 16.1 Å². The summed E-state index contributed by atoms with van der Waals surface area (Å²) in [6.45, 7) is 0. The van der Waals surface area contributed by atoms with Crippen molar-refractivity contribution in [2.75, 3.05) is 4.31 Å². The van der Waals surface area contributed by atoms with Gasteiger partial charge >= 0.3 is 10.2 Å². The number of nitriles is 1. The van der Waals surface area contributed by atoms with Crippen molar-refractivity contribution in [3.05, 3.63) is 35.8 Å². The van der Waals surface area contributed by atoms with Crippen molar-refractivity contribution in [2.24, 2.45) is 0 Å². The smallest absolute Gasteiger partial charge is 0.330 e. The van der Waals surface area contributed by atoms with Crippen molar-refractivity contribution in [3.63, 3.8) is 0 Å². The van der Waals surface area contributed by atoms with Gasteiger partial charge in [0.15, 0.2) is 0 Å². The first-order valence-corrected chi connectivity index (χ1v) is 7.30. The van der Waals surface area contributed by atoms with Crippen molar-refractivity contribution in [2.45, 2.75) is 19.3 Å². The van der Waals surface area contributed by atoms with E-state index in [2.05, 4.69) is 0 Å². The molecule has 0 atom stereocenters. The predicted molar refractivity (Wildman–Crippen MR) is 71.9 cm³/mol. The molecule has 0 saturated heterocycles. The fourth-order valence-electron chi connectivity index (χ4n) is 1.87. The van der Waals surface area contributed by atoms with E-state index in [4.69, 9.17) is 5.26 Å². The minimum atomic E-state index is -3.91. The van der Waals surface area contributed by atoms with Gasteiger partial charge in [0.05, 0.1) is 12.3 Å². The quantitative estimate of drug-likeness (QED) is 0.723. The molecule has 0 fully saturated rings. The molecule has 1 aliphatic heterocycles. The van der Waals surface area contributed by atoms with Gasteiger partial charge in [-0.1, -0.05) is 6.07 Å². The van der Waals surface area contributed by atoms with E-state index in [9.17, 15) is 18.6 Å². The Labute approximate surface area is 116 Å². The second-order valence-corrected chi connectivity index (χ2v) is 5.80. The number of hydrogen-bond acceptors (Lipinski definition) is 5. The summed E-state index contributed by atoms with van der Waals surface area (Å²) >= 11 is 0. The lowest BCUT2D eigenvalue weighted by Gasteiger charge is -2.15. The number of unbranched alkanes of at least 4 members (excludes halogenated alkanes) is 1. The molecule has 0 amide bonds. The number of aliphatic hydroxyl groups excluding tert-OH is 1. The van der Waals surface area contributed by atoms with Crippen LogP contribution in [0.15, 0.2) is 30.3 Å². The Balaban J connectivity index is 2.25. The number of aliphatic hydroxyl groups is 1. The van der Waals surface area contributed by atoms with Gasteiger partial charge in [-0.05, 0) is 30.5 Å². The molecule has 0 unspecified atom stereocenters. The second kappa shape index (κ2) is 5.30. The van der Waals surface area contributed by atoms with Crippen molar-refractivity contribution in [1.82, 2.24) is 4.72 Å². The van der Waals surface area contributed by atoms with Crippen LogP contribution in [0.1, 0.15) is 18.4 Å². The van der Waals surface area contributed by atoms with E-state index in [1.807, 2.05) is 10.8 Å². The minimum absolute atomic E-state index is 0.0468. The number of nitrogens with one attached hydrogen (secondary N) is 1. The molecule has 7 nitrogen and oxygen atoms in total. The van der Waals surface area contributed by atoms with Gasteiger partial charge in [0.1, 0.15) is 11.4 Å². The lowest BCUT2D eigenvalue weighted by atomic mass is 10.1. The maximum absolute atomic E-state index is 11.7. The number of phenols is 1. The number of aromatic hydroxyl groups is 1. The van der Waals surface area contributed by atoms with Gasteiger partial charge in [-0.3, -0.25) is 0 Å². The van der Waals surface area contributed by atoms with Crippen LogP contribution in [0.2, 0.25) is 0 Å². The number of rotatable bonds is 4. The van der Waals surface area contributed by atoms with Crippen LogP contribution in [0.5, 0.6) is 5.75 Å². The summed E-state index contributed by atoms with van der Waals surface area (Å²) < 4.78 is 26.0. The van der Waals surface area contributed by atoms with Gasteiger partial charge in [0.2, 0.25) is 5.88 Å². The van der Waals surface area contributed by atoms with Gasteiger partial charge in [0.25, 0.3) is 0 Å². The summed E-state index contributed by atoms with van der Waals surface area (Å²) in [5.41, 5.74) is 0.852. The van der Waals surface area contributed by atoms with Crippen LogP contribution in [-0.2, 0) is 16.6 Å². The number of phenolic OH excluding ortho intramolecular Hbond substituents is 1. The SMILES string of the molecule is N#CCCCc1ccc(N2C=C(O)NS2(=O)=O)c(O)c1. The third-order valence-electron chi connectivity index (χ3n) is 2.76. The highest BCUT2D eigenvalue weighted by Gasteiger charge is 2.30. The number of nitrogens with zero attached hydrogens (tertiary/aromatic N) is 2. The van der Waals surface area contributed by atoms with Crippen LogP contribution in [-0.4, -0.2) is 18.6 Å². The maximum Gasteiger partial charge on any atom is 0.330 e. The summed E-state index contributed by atoms with van der Waals surface area (Å²) in [4.78, 5) is 0. The first-order chi connectivity index (χ1) is 9.44. The molecule has 0 aromatic heterocycles. The Kier molecular flexibility index (Phi) is 3.72. The highest BCUT2D eigenvalue weighted by molar-refractivity contribution is 7.91. The van der Waals surface area contributed by atoms with Crippen LogP contribution in [0.4, 0.5) is 5.69 Å². The number of benzene rings is 1. The third-order valence-corrected chi connectivity index (χ3v) is 4.05. The van der Waals surface area contributed by atoms with Gasteiger partial charge in [-0.15, -0.1) is 0 Å². The largest absolute Gasteiger partial charge is 0.506 e. The molecule has 2 rings (SSSR count). The topological polar surface area (TPSA) is 114 Å². The lowest BCUT2D eigenvalue weighted by molar-refractivity contribution is 0.392. The molecule has 3 N–H and O–H groups in total. The van der Waals surface area contributed by atoms with Crippen LogP contribution in [0.25, 0.3) is 0 Å². The summed E-state index contributed by atoms with van der Waals surface area (Å²) in [7, 11) is -3.91. The molecule has 0 bridgehead atoms. The molecule has 20 heavy (non-hydrogen) atoms. The molecule has 0 radical (unpaired) electrons. The lowest BCUT2D eigenvalue weighted by Crippen LogP contribution is -2.29. The number of hydrogen-bond donors (Lipinski definition) is 3. The first-order valence-electron chi connectivity index (χ1n) is 5.86. The Morgan fingerprint density at radius 2 is 2.10 bits per heavy atom. The average Bonchev–Trinajstić information content (AvgIpc) is 2.63. The molecule has 0 aliphatic carbocycles. The number of anilines is 1. The van der Waals surface area contributed by atoms with E-state index in [-0.39, 0.29) is 11.4 Å². The molecule has 1 aromatic carbocycles. The van der Waals surface area contributed by atoms with Gasteiger partial charge in [-0.2, -0.15) is 13.7 Å². The Bertz CT molecular complexity index is 691. The molecule has 1 aliphatic rings. The van der Waals surface area contributed by atoms with Crippen molar-refractivity contribution in [3.8, 4) is 11.8 Å². The molecule has 8 heteroatoms. The van der Waals surface area contributed by atoms with Crippen LogP contribution in [0, 0.1) is 11.3 Å². The average molecular weight is 295 g/mol. The van der Waals surface area contributed by atoms with E-state index in [0.29, 0.717) is 19.3 Å². The molecular formula is C12H13N3O4S. The zero-order chi connectivity index (χ0) is 14.8. The van der Waals surface area contributed by atoms with Crippen molar-refractivity contribution < 1.29 is 18.6 Å². The molecule has 1 heterocycles. The molecule has 0 saturated carbocycles. The van der Waals surface area contributed by atoms with E-state index in [1.165, 1.54) is 12.1 Å². The van der Waals surface area contributed by atoms with Gasteiger partial charge in [0, 0.05) is 6.42 Å². The minimum Gasteiger partial charge on any atom is -0.506 e. The van der Waals surface area contributed by atoms with E-state index < -0.39 is 16.1 Å². The van der Waals surface area contributed by atoms with E-state index >= 15 is 0 Å².